The van der Waals surface area contributed by atoms with Gasteiger partial charge in [-0.25, -0.2) is 4.98 Å². The topological polar surface area (TPSA) is 37.8 Å². The Morgan fingerprint density at radius 3 is 3.00 bits per heavy atom. The number of rotatable bonds is 3. The molecule has 84 valence electrons. The first-order valence-corrected chi connectivity index (χ1v) is 6.89. The lowest BCUT2D eigenvalue weighted by molar-refractivity contribution is 0.300. The largest absolute Gasteiger partial charge is 0.315 e. The van der Waals surface area contributed by atoms with Crippen LogP contribution in [0.1, 0.15) is 26.7 Å². The maximum atomic E-state index is 4.24. The minimum atomic E-state index is 0.400. The Bertz CT molecular complexity index is 310. The Balaban J connectivity index is 2.04. The normalized spacial score (nSPS) is 29.5. The molecule has 3 nitrogen and oxygen atoms in total. The molecule has 0 bridgehead atoms. The number of nitrogens with one attached hydrogen (secondary N) is 1. The highest BCUT2D eigenvalue weighted by atomic mass is 32.2. The van der Waals surface area contributed by atoms with Crippen LogP contribution >= 0.6 is 23.3 Å². The van der Waals surface area contributed by atoms with Crippen molar-refractivity contribution in [3.05, 3.63) is 6.33 Å². The summed E-state index contributed by atoms with van der Waals surface area (Å²) in [4.78, 5) is 4.24. The molecule has 1 fully saturated rings. The molecule has 0 saturated heterocycles. The van der Waals surface area contributed by atoms with Crippen LogP contribution in [-0.2, 0) is 0 Å². The van der Waals surface area contributed by atoms with Gasteiger partial charge in [-0.3, -0.25) is 0 Å². The lowest BCUT2D eigenvalue weighted by Crippen LogP contribution is -2.41. The van der Waals surface area contributed by atoms with Crippen molar-refractivity contribution in [1.82, 2.24) is 14.7 Å². The van der Waals surface area contributed by atoms with Gasteiger partial charge < -0.3 is 5.32 Å². The Morgan fingerprint density at radius 2 is 2.40 bits per heavy atom. The van der Waals surface area contributed by atoms with Crippen LogP contribution in [0, 0.1) is 5.41 Å². The molecule has 5 heteroatoms. The van der Waals surface area contributed by atoms with Gasteiger partial charge in [-0.1, -0.05) is 25.6 Å². The van der Waals surface area contributed by atoms with Crippen molar-refractivity contribution < 1.29 is 0 Å². The third-order valence-corrected chi connectivity index (χ3v) is 5.28. The first-order chi connectivity index (χ1) is 7.13. The molecule has 1 saturated carbocycles. The summed E-state index contributed by atoms with van der Waals surface area (Å²) in [6.45, 7) is 4.68. The summed E-state index contributed by atoms with van der Waals surface area (Å²) in [5, 5.41) is 4.09. The Labute approximate surface area is 99.2 Å². The zero-order chi connectivity index (χ0) is 10.9. The van der Waals surface area contributed by atoms with Crippen LogP contribution in [0.3, 0.4) is 0 Å². The predicted molar refractivity (Wildman–Crippen MR) is 65.4 cm³/mol. The van der Waals surface area contributed by atoms with Gasteiger partial charge in [-0.05, 0) is 36.8 Å². The number of hydrogen-bond donors (Lipinski definition) is 1. The average Bonchev–Trinajstić information content (AvgIpc) is 2.75. The quantitative estimate of drug-likeness (QED) is 0.884. The van der Waals surface area contributed by atoms with Gasteiger partial charge >= 0.3 is 0 Å². The summed E-state index contributed by atoms with van der Waals surface area (Å²) >= 11 is 3.37. The molecule has 15 heavy (non-hydrogen) atoms. The summed E-state index contributed by atoms with van der Waals surface area (Å²) in [6, 6.07) is 0.575. The van der Waals surface area contributed by atoms with Crippen LogP contribution < -0.4 is 5.32 Å². The minimum Gasteiger partial charge on any atom is -0.315 e. The van der Waals surface area contributed by atoms with E-state index in [1.165, 1.54) is 24.4 Å². The van der Waals surface area contributed by atoms with E-state index in [1.54, 1.807) is 6.33 Å². The van der Waals surface area contributed by atoms with Crippen molar-refractivity contribution in [2.45, 2.75) is 42.3 Å². The Kier molecular flexibility index (Phi) is 3.33. The van der Waals surface area contributed by atoms with E-state index in [1.807, 2.05) is 11.8 Å². The molecule has 0 radical (unpaired) electrons. The van der Waals surface area contributed by atoms with Crippen LogP contribution in [0.2, 0.25) is 0 Å². The maximum Gasteiger partial charge on any atom is 0.170 e. The van der Waals surface area contributed by atoms with Crippen molar-refractivity contribution in [2.24, 2.45) is 5.41 Å². The van der Waals surface area contributed by atoms with Gasteiger partial charge in [-0.2, -0.15) is 4.37 Å². The highest BCUT2D eigenvalue weighted by molar-refractivity contribution is 8.01. The lowest BCUT2D eigenvalue weighted by Gasteiger charge is -2.29. The van der Waals surface area contributed by atoms with Crippen LogP contribution in [0.5, 0.6) is 0 Å². The summed E-state index contributed by atoms with van der Waals surface area (Å²) < 4.78 is 5.14. The molecule has 2 rings (SSSR count). The zero-order valence-electron chi connectivity index (χ0n) is 9.36. The van der Waals surface area contributed by atoms with E-state index in [0.29, 0.717) is 16.7 Å². The van der Waals surface area contributed by atoms with Crippen molar-refractivity contribution in [2.75, 3.05) is 7.05 Å². The van der Waals surface area contributed by atoms with Crippen LogP contribution in [0.4, 0.5) is 0 Å². The maximum absolute atomic E-state index is 4.24. The molecule has 1 aromatic heterocycles. The van der Waals surface area contributed by atoms with Gasteiger partial charge in [0.05, 0.1) is 0 Å². The predicted octanol–water partition coefficient (Wildman–Crippen LogP) is 2.41. The second kappa shape index (κ2) is 4.39. The fourth-order valence-electron chi connectivity index (χ4n) is 2.39. The first kappa shape index (κ1) is 11.4. The highest BCUT2D eigenvalue weighted by Crippen LogP contribution is 2.44. The zero-order valence-corrected chi connectivity index (χ0v) is 11.0. The third kappa shape index (κ3) is 2.34. The van der Waals surface area contributed by atoms with E-state index in [-0.39, 0.29) is 0 Å². The van der Waals surface area contributed by atoms with Gasteiger partial charge in [0.2, 0.25) is 0 Å². The molecule has 0 aliphatic heterocycles. The van der Waals surface area contributed by atoms with Gasteiger partial charge in [0.1, 0.15) is 6.33 Å². The lowest BCUT2D eigenvalue weighted by atomic mass is 9.87. The molecule has 1 N–H and O–H groups in total. The molecule has 1 aliphatic rings. The van der Waals surface area contributed by atoms with Gasteiger partial charge in [0.15, 0.2) is 4.34 Å². The SMILES string of the molecule is CNC1C(Sc2ncns2)CCC1(C)C. The van der Waals surface area contributed by atoms with Crippen molar-refractivity contribution in [3.8, 4) is 0 Å². The smallest absolute Gasteiger partial charge is 0.170 e. The number of thioether (sulfide) groups is 1. The monoisotopic (exact) mass is 243 g/mol. The van der Waals surface area contributed by atoms with E-state index >= 15 is 0 Å². The van der Waals surface area contributed by atoms with E-state index < -0.39 is 0 Å². The van der Waals surface area contributed by atoms with E-state index in [9.17, 15) is 0 Å². The summed E-state index contributed by atoms with van der Waals surface area (Å²) in [6.07, 6.45) is 4.19. The third-order valence-electron chi connectivity index (χ3n) is 3.19. The molecule has 0 aromatic carbocycles. The van der Waals surface area contributed by atoms with Gasteiger partial charge in [0.25, 0.3) is 0 Å². The molecular formula is C10H17N3S2. The Morgan fingerprint density at radius 1 is 1.60 bits per heavy atom. The summed E-state index contributed by atoms with van der Waals surface area (Å²) in [5.41, 5.74) is 0.400. The minimum absolute atomic E-state index is 0.400. The second-order valence-corrected chi connectivity index (χ2v) is 6.92. The molecule has 0 spiro atoms. The summed E-state index contributed by atoms with van der Waals surface area (Å²) in [5.74, 6) is 0. The first-order valence-electron chi connectivity index (χ1n) is 5.24. The van der Waals surface area contributed by atoms with E-state index in [2.05, 4.69) is 35.6 Å². The fourth-order valence-corrected chi connectivity index (χ4v) is 4.58. The van der Waals surface area contributed by atoms with E-state index in [4.69, 9.17) is 0 Å². The molecule has 2 atom stereocenters. The number of nitrogens with zero attached hydrogens (tertiary/aromatic N) is 2. The standard InChI is InChI=1S/C10H17N3S2/c1-10(2)5-4-7(8(10)11-3)14-9-12-6-13-15-9/h6-8,11H,4-5H2,1-3H3. The van der Waals surface area contributed by atoms with Crippen LogP contribution in [0.25, 0.3) is 0 Å². The van der Waals surface area contributed by atoms with E-state index in [0.717, 1.165) is 4.34 Å². The molecule has 1 aromatic rings. The highest BCUT2D eigenvalue weighted by Gasteiger charge is 2.41. The molecule has 1 heterocycles. The van der Waals surface area contributed by atoms with Crippen molar-refractivity contribution >= 4 is 23.3 Å². The second-order valence-electron chi connectivity index (χ2n) is 4.66. The number of aromatic nitrogens is 2. The molecular weight excluding hydrogens is 226 g/mol. The fraction of sp³-hybridized carbons (Fsp3) is 0.800. The molecule has 1 aliphatic carbocycles. The van der Waals surface area contributed by atoms with Crippen LogP contribution in [0.15, 0.2) is 10.7 Å². The average molecular weight is 243 g/mol. The van der Waals surface area contributed by atoms with Gasteiger partial charge in [-0.15, -0.1) is 0 Å². The Hall–Kier alpha value is -0.130. The van der Waals surface area contributed by atoms with Crippen molar-refractivity contribution in [3.63, 3.8) is 0 Å². The number of hydrogen-bond acceptors (Lipinski definition) is 5. The van der Waals surface area contributed by atoms with Gasteiger partial charge in [0, 0.05) is 11.3 Å². The molecule has 2 unspecified atom stereocenters. The van der Waals surface area contributed by atoms with Crippen molar-refractivity contribution in [1.29, 1.82) is 0 Å². The summed E-state index contributed by atoms with van der Waals surface area (Å²) in [7, 11) is 2.06. The molecule has 0 amide bonds. The van der Waals surface area contributed by atoms with Crippen LogP contribution in [-0.4, -0.2) is 27.7 Å².